The second kappa shape index (κ2) is 5.67. The molecule has 0 saturated heterocycles. The third-order valence-corrected chi connectivity index (χ3v) is 4.57. The summed E-state index contributed by atoms with van der Waals surface area (Å²) in [4.78, 5) is 30.7. The molecular weight excluding hydrogens is 308 g/mol. The predicted molar refractivity (Wildman–Crippen MR) is 86.8 cm³/mol. The lowest BCUT2D eigenvalue weighted by molar-refractivity contribution is 0.184. The number of aromatic nitrogens is 2. The molecule has 2 aliphatic heterocycles. The Balaban J connectivity index is 1.49. The highest BCUT2D eigenvalue weighted by atomic mass is 16.5. The number of nitrogens with one attached hydrogen (secondary N) is 1. The van der Waals surface area contributed by atoms with Crippen molar-refractivity contribution in [3.63, 3.8) is 0 Å². The van der Waals surface area contributed by atoms with Crippen LogP contribution in [0.2, 0.25) is 0 Å². The Hall–Kier alpha value is -2.83. The van der Waals surface area contributed by atoms with Crippen molar-refractivity contribution in [3.05, 3.63) is 57.8 Å². The number of fused-ring (bicyclic) bond motifs is 2. The lowest BCUT2D eigenvalue weighted by atomic mass is 10.1. The summed E-state index contributed by atoms with van der Waals surface area (Å²) < 4.78 is 7.07. The molecule has 7 nitrogen and oxygen atoms in total. The highest BCUT2D eigenvalue weighted by Crippen LogP contribution is 2.31. The van der Waals surface area contributed by atoms with Crippen LogP contribution < -0.4 is 15.6 Å². The molecule has 2 amide bonds. The van der Waals surface area contributed by atoms with E-state index >= 15 is 0 Å². The maximum absolute atomic E-state index is 12.6. The van der Waals surface area contributed by atoms with Crippen LogP contribution >= 0.6 is 0 Å². The van der Waals surface area contributed by atoms with Crippen molar-refractivity contribution in [3.8, 4) is 5.75 Å². The standard InChI is InChI=1S/C17H18N4O3/c1-20-10-18-13-8-21(7-6-12(13)16(20)22)17(23)19-14-9-24-15-5-3-2-4-11(14)15/h2-5,10,14H,6-9H2,1H3,(H,19,23)/t14-/m1/s1. The Kier molecular flexibility index (Phi) is 3.48. The Bertz CT molecular complexity index is 861. The molecular formula is C17H18N4O3. The van der Waals surface area contributed by atoms with Gasteiger partial charge < -0.3 is 19.5 Å². The van der Waals surface area contributed by atoms with Crippen molar-refractivity contribution in [2.45, 2.75) is 19.0 Å². The maximum Gasteiger partial charge on any atom is 0.318 e. The SMILES string of the molecule is Cn1cnc2c(c1=O)CCN(C(=O)N[C@@H]1COc3ccccc31)C2. The van der Waals surface area contributed by atoms with Crippen LogP contribution in [0.3, 0.4) is 0 Å². The summed E-state index contributed by atoms with van der Waals surface area (Å²) in [5.41, 5.74) is 2.36. The molecule has 0 bridgehead atoms. The Morgan fingerprint density at radius 3 is 3.08 bits per heavy atom. The van der Waals surface area contributed by atoms with Gasteiger partial charge in [-0.1, -0.05) is 18.2 Å². The van der Waals surface area contributed by atoms with E-state index < -0.39 is 0 Å². The quantitative estimate of drug-likeness (QED) is 0.847. The first-order valence-electron chi connectivity index (χ1n) is 7.94. The van der Waals surface area contributed by atoms with E-state index in [4.69, 9.17) is 4.74 Å². The predicted octanol–water partition coefficient (Wildman–Crippen LogP) is 0.982. The zero-order chi connectivity index (χ0) is 16.7. The first-order chi connectivity index (χ1) is 11.6. The fourth-order valence-corrected chi connectivity index (χ4v) is 3.21. The monoisotopic (exact) mass is 326 g/mol. The smallest absolute Gasteiger partial charge is 0.318 e. The molecule has 0 spiro atoms. The van der Waals surface area contributed by atoms with Crippen LogP contribution in [0.15, 0.2) is 35.4 Å². The molecule has 24 heavy (non-hydrogen) atoms. The number of rotatable bonds is 1. The Morgan fingerprint density at radius 1 is 1.38 bits per heavy atom. The number of nitrogens with zero attached hydrogens (tertiary/aromatic N) is 3. The number of benzene rings is 1. The van der Waals surface area contributed by atoms with Crippen LogP contribution in [0.1, 0.15) is 22.9 Å². The molecule has 0 radical (unpaired) electrons. The van der Waals surface area contributed by atoms with E-state index in [2.05, 4.69) is 10.3 Å². The van der Waals surface area contributed by atoms with Crippen molar-refractivity contribution >= 4 is 6.03 Å². The number of para-hydroxylation sites is 1. The van der Waals surface area contributed by atoms with E-state index in [1.807, 2.05) is 24.3 Å². The zero-order valence-electron chi connectivity index (χ0n) is 13.4. The normalized spacial score (nSPS) is 18.5. The van der Waals surface area contributed by atoms with Gasteiger partial charge in [0.1, 0.15) is 12.4 Å². The molecule has 1 atom stereocenters. The van der Waals surface area contributed by atoms with Gasteiger partial charge >= 0.3 is 6.03 Å². The molecule has 1 aromatic carbocycles. The summed E-state index contributed by atoms with van der Waals surface area (Å²) in [5.74, 6) is 0.817. The summed E-state index contributed by atoms with van der Waals surface area (Å²) in [7, 11) is 1.69. The molecule has 0 aliphatic carbocycles. The summed E-state index contributed by atoms with van der Waals surface area (Å²) in [6.45, 7) is 1.30. The van der Waals surface area contributed by atoms with Gasteiger partial charge in [-0.3, -0.25) is 4.79 Å². The van der Waals surface area contributed by atoms with Crippen molar-refractivity contribution in [1.82, 2.24) is 19.8 Å². The minimum atomic E-state index is -0.159. The number of amides is 2. The summed E-state index contributed by atoms with van der Waals surface area (Å²) >= 11 is 0. The fraction of sp³-hybridized carbons (Fsp3) is 0.353. The zero-order valence-corrected chi connectivity index (χ0v) is 13.4. The van der Waals surface area contributed by atoms with E-state index in [1.165, 1.54) is 10.9 Å². The molecule has 2 aromatic rings. The number of carbonyl (C=O) groups is 1. The van der Waals surface area contributed by atoms with Gasteiger partial charge in [-0.05, 0) is 12.5 Å². The molecule has 0 fully saturated rings. The number of aryl methyl sites for hydroxylation is 1. The van der Waals surface area contributed by atoms with E-state index in [9.17, 15) is 9.59 Å². The van der Waals surface area contributed by atoms with Crippen LogP contribution in [0.4, 0.5) is 4.79 Å². The van der Waals surface area contributed by atoms with Crippen molar-refractivity contribution < 1.29 is 9.53 Å². The highest BCUT2D eigenvalue weighted by Gasteiger charge is 2.29. The number of hydrogen-bond donors (Lipinski definition) is 1. The van der Waals surface area contributed by atoms with E-state index in [-0.39, 0.29) is 17.6 Å². The average Bonchev–Trinajstić information content (AvgIpc) is 3.01. The maximum atomic E-state index is 12.6. The Morgan fingerprint density at radius 2 is 2.21 bits per heavy atom. The molecule has 124 valence electrons. The van der Waals surface area contributed by atoms with Gasteiger partial charge in [-0.15, -0.1) is 0 Å². The van der Waals surface area contributed by atoms with Crippen molar-refractivity contribution in [2.75, 3.05) is 13.2 Å². The van der Waals surface area contributed by atoms with Gasteiger partial charge in [-0.2, -0.15) is 0 Å². The fourth-order valence-electron chi connectivity index (χ4n) is 3.21. The van der Waals surface area contributed by atoms with Gasteiger partial charge in [-0.25, -0.2) is 9.78 Å². The van der Waals surface area contributed by atoms with Gasteiger partial charge in [0.2, 0.25) is 0 Å². The molecule has 1 N–H and O–H groups in total. The number of hydrogen-bond acceptors (Lipinski definition) is 4. The number of carbonyl (C=O) groups excluding carboxylic acids is 1. The Labute approximate surface area is 138 Å². The second-order valence-corrected chi connectivity index (χ2v) is 6.11. The average molecular weight is 326 g/mol. The topological polar surface area (TPSA) is 76.5 Å². The summed E-state index contributed by atoms with van der Waals surface area (Å²) in [6, 6.07) is 7.41. The minimum Gasteiger partial charge on any atom is -0.491 e. The van der Waals surface area contributed by atoms with Crippen LogP contribution in [-0.2, 0) is 20.0 Å². The van der Waals surface area contributed by atoms with Crippen LogP contribution in [0.5, 0.6) is 5.75 Å². The van der Waals surface area contributed by atoms with Crippen LogP contribution in [0, 0.1) is 0 Å². The van der Waals surface area contributed by atoms with E-state index in [0.717, 1.165) is 11.3 Å². The molecule has 0 unspecified atom stereocenters. The molecule has 2 aliphatic rings. The lowest BCUT2D eigenvalue weighted by Gasteiger charge is -2.29. The van der Waals surface area contributed by atoms with Crippen molar-refractivity contribution in [1.29, 1.82) is 0 Å². The van der Waals surface area contributed by atoms with Gasteiger partial charge in [0.15, 0.2) is 0 Å². The van der Waals surface area contributed by atoms with Crippen LogP contribution in [-0.4, -0.2) is 33.6 Å². The first-order valence-corrected chi connectivity index (χ1v) is 7.94. The molecule has 0 saturated carbocycles. The minimum absolute atomic E-state index is 0.0295. The summed E-state index contributed by atoms with van der Waals surface area (Å²) in [5, 5.41) is 3.01. The molecule has 1 aromatic heterocycles. The first kappa shape index (κ1) is 14.7. The lowest BCUT2D eigenvalue weighted by Crippen LogP contribution is -2.46. The van der Waals surface area contributed by atoms with Gasteiger partial charge in [0.25, 0.3) is 5.56 Å². The van der Waals surface area contributed by atoms with Gasteiger partial charge in [0.05, 0.1) is 24.6 Å². The van der Waals surface area contributed by atoms with Crippen LogP contribution in [0.25, 0.3) is 0 Å². The summed E-state index contributed by atoms with van der Waals surface area (Å²) in [6.07, 6.45) is 2.03. The van der Waals surface area contributed by atoms with E-state index in [1.54, 1.807) is 11.9 Å². The van der Waals surface area contributed by atoms with E-state index in [0.29, 0.717) is 37.4 Å². The van der Waals surface area contributed by atoms with Gasteiger partial charge in [0, 0.05) is 24.7 Å². The highest BCUT2D eigenvalue weighted by molar-refractivity contribution is 5.75. The molecule has 3 heterocycles. The second-order valence-electron chi connectivity index (χ2n) is 6.11. The molecule has 4 rings (SSSR count). The largest absolute Gasteiger partial charge is 0.491 e. The molecule has 7 heteroatoms. The third kappa shape index (κ3) is 2.42. The number of ether oxygens (including phenoxy) is 1. The van der Waals surface area contributed by atoms with Crippen molar-refractivity contribution in [2.24, 2.45) is 7.05 Å². The number of urea groups is 1. The third-order valence-electron chi connectivity index (χ3n) is 4.57.